The number of hydrogen-bond acceptors (Lipinski definition) is 5. The van der Waals surface area contributed by atoms with Crippen LogP contribution < -0.4 is 0 Å². The maximum absolute atomic E-state index is 8.67. The van der Waals surface area contributed by atoms with Gasteiger partial charge in [-0.15, -0.1) is 5.16 Å². The van der Waals surface area contributed by atoms with Gasteiger partial charge in [-0.1, -0.05) is 5.16 Å². The van der Waals surface area contributed by atoms with Gasteiger partial charge in [0, 0.05) is 12.6 Å². The van der Waals surface area contributed by atoms with E-state index >= 15 is 0 Å². The summed E-state index contributed by atoms with van der Waals surface area (Å²) in [5.74, 6) is 0. The van der Waals surface area contributed by atoms with Gasteiger partial charge in [0.05, 0.1) is 12.3 Å². The third-order valence-electron chi connectivity index (χ3n) is 0.667. The molecule has 1 atom stereocenters. The first kappa shape index (κ1) is 7.90. The van der Waals surface area contributed by atoms with E-state index in [0.29, 0.717) is 0 Å². The molecule has 0 saturated heterocycles. The van der Waals surface area contributed by atoms with Crippen molar-refractivity contribution in [1.29, 1.82) is 0 Å². The molecule has 3 N–H and O–H groups in total. The predicted molar refractivity (Wildman–Crippen MR) is 31.2 cm³/mol. The SMILES string of the molecule is ON=CC[C@@H](O)C=NO. The highest BCUT2D eigenvalue weighted by Crippen LogP contribution is 1.82. The van der Waals surface area contributed by atoms with Crippen LogP contribution >= 0.6 is 0 Å². The van der Waals surface area contributed by atoms with Gasteiger partial charge >= 0.3 is 0 Å². The third-order valence-corrected chi connectivity index (χ3v) is 0.667. The second-order valence-corrected chi connectivity index (χ2v) is 1.37. The van der Waals surface area contributed by atoms with Gasteiger partial charge in [0.15, 0.2) is 0 Å². The van der Waals surface area contributed by atoms with E-state index in [1.165, 1.54) is 0 Å². The molecule has 5 nitrogen and oxygen atoms in total. The van der Waals surface area contributed by atoms with Crippen molar-refractivity contribution in [3.05, 3.63) is 0 Å². The van der Waals surface area contributed by atoms with E-state index in [4.69, 9.17) is 15.5 Å². The Bertz CT molecular complexity index is 112. The summed E-state index contributed by atoms with van der Waals surface area (Å²) >= 11 is 0. The first-order valence-corrected chi connectivity index (χ1v) is 2.32. The predicted octanol–water partition coefficient (Wildman–Crippen LogP) is -0.343. The second kappa shape index (κ2) is 5.04. The van der Waals surface area contributed by atoms with Crippen molar-refractivity contribution in [3.8, 4) is 0 Å². The van der Waals surface area contributed by atoms with Crippen LogP contribution in [0.25, 0.3) is 0 Å². The number of hydrogen-bond donors (Lipinski definition) is 3. The number of aliphatic hydroxyl groups is 1. The van der Waals surface area contributed by atoms with Gasteiger partial charge in [-0.25, -0.2) is 0 Å². The van der Waals surface area contributed by atoms with E-state index in [2.05, 4.69) is 10.3 Å². The van der Waals surface area contributed by atoms with Crippen molar-refractivity contribution in [2.45, 2.75) is 12.5 Å². The standard InChI is InChI=1S/C4H8N2O3/c7-4(3-6-9)1-2-5-8/h2-4,7-9H,1H2/t4-/m1/s1. The average molecular weight is 132 g/mol. The molecule has 0 radical (unpaired) electrons. The molecule has 0 aromatic carbocycles. The molecule has 0 aromatic heterocycles. The molecule has 0 spiro atoms. The quantitative estimate of drug-likeness (QED) is 0.279. The topological polar surface area (TPSA) is 85.4 Å². The molecule has 0 aromatic rings. The Balaban J connectivity index is 3.37. The number of nitrogens with zero attached hydrogens (tertiary/aromatic N) is 2. The van der Waals surface area contributed by atoms with Crippen LogP contribution in [0.4, 0.5) is 0 Å². The van der Waals surface area contributed by atoms with E-state index in [9.17, 15) is 0 Å². The van der Waals surface area contributed by atoms with Crippen LogP contribution in [0.1, 0.15) is 6.42 Å². The minimum atomic E-state index is -0.883. The van der Waals surface area contributed by atoms with Crippen LogP contribution in [0.5, 0.6) is 0 Å². The third kappa shape index (κ3) is 4.76. The molecule has 0 aliphatic rings. The van der Waals surface area contributed by atoms with Crippen LogP contribution in [0, 0.1) is 0 Å². The fraction of sp³-hybridized carbons (Fsp3) is 0.500. The zero-order chi connectivity index (χ0) is 7.11. The van der Waals surface area contributed by atoms with Crippen LogP contribution in [0.3, 0.4) is 0 Å². The van der Waals surface area contributed by atoms with Gasteiger partial charge < -0.3 is 15.5 Å². The van der Waals surface area contributed by atoms with E-state index in [1.54, 1.807) is 0 Å². The zero-order valence-electron chi connectivity index (χ0n) is 4.68. The van der Waals surface area contributed by atoms with Crippen molar-refractivity contribution < 1.29 is 15.5 Å². The van der Waals surface area contributed by atoms with Crippen molar-refractivity contribution in [1.82, 2.24) is 0 Å². The lowest BCUT2D eigenvalue weighted by Gasteiger charge is -1.94. The summed E-state index contributed by atoms with van der Waals surface area (Å²) in [5.41, 5.74) is 0. The van der Waals surface area contributed by atoms with E-state index in [-0.39, 0.29) is 6.42 Å². The van der Waals surface area contributed by atoms with Crippen LogP contribution in [0.15, 0.2) is 10.3 Å². The molecular weight excluding hydrogens is 124 g/mol. The number of oxime groups is 2. The summed E-state index contributed by atoms with van der Waals surface area (Å²) in [6, 6.07) is 0. The van der Waals surface area contributed by atoms with Crippen LogP contribution in [0.2, 0.25) is 0 Å². The molecule has 9 heavy (non-hydrogen) atoms. The fourth-order valence-corrected chi connectivity index (χ4v) is 0.293. The summed E-state index contributed by atoms with van der Waals surface area (Å²) in [7, 11) is 0. The van der Waals surface area contributed by atoms with Gasteiger partial charge in [-0.3, -0.25) is 0 Å². The fourth-order valence-electron chi connectivity index (χ4n) is 0.293. The molecule has 0 aliphatic carbocycles. The van der Waals surface area contributed by atoms with Gasteiger partial charge in [0.2, 0.25) is 0 Å². The summed E-state index contributed by atoms with van der Waals surface area (Å²) in [6.45, 7) is 0. The molecule has 0 amide bonds. The Kier molecular flexibility index (Phi) is 4.43. The van der Waals surface area contributed by atoms with Crippen molar-refractivity contribution in [2.75, 3.05) is 0 Å². The monoisotopic (exact) mass is 132 g/mol. The molecule has 0 saturated carbocycles. The van der Waals surface area contributed by atoms with E-state index in [0.717, 1.165) is 12.4 Å². The first-order chi connectivity index (χ1) is 4.31. The average Bonchev–Trinajstić information content (AvgIpc) is 1.85. The Morgan fingerprint density at radius 3 is 2.44 bits per heavy atom. The summed E-state index contributed by atoms with van der Waals surface area (Å²) in [4.78, 5) is 0. The molecule has 0 heterocycles. The molecule has 52 valence electrons. The molecule has 5 heteroatoms. The molecule has 0 aliphatic heterocycles. The molecule has 0 unspecified atom stereocenters. The Hall–Kier alpha value is -1.10. The Labute approximate surface area is 51.9 Å². The Morgan fingerprint density at radius 1 is 1.33 bits per heavy atom. The van der Waals surface area contributed by atoms with Crippen LogP contribution in [-0.2, 0) is 0 Å². The highest BCUT2D eigenvalue weighted by atomic mass is 16.4. The summed E-state index contributed by atoms with van der Waals surface area (Å²) in [5, 5.41) is 29.5. The van der Waals surface area contributed by atoms with Crippen molar-refractivity contribution >= 4 is 12.4 Å². The first-order valence-electron chi connectivity index (χ1n) is 2.32. The van der Waals surface area contributed by atoms with Crippen molar-refractivity contribution in [3.63, 3.8) is 0 Å². The molecular formula is C4H8N2O3. The lowest BCUT2D eigenvalue weighted by Crippen LogP contribution is -2.07. The van der Waals surface area contributed by atoms with Gasteiger partial charge in [0.1, 0.15) is 0 Å². The smallest absolute Gasteiger partial charge is 0.0974 e. The highest BCUT2D eigenvalue weighted by Gasteiger charge is 1.94. The lowest BCUT2D eigenvalue weighted by atomic mass is 10.3. The van der Waals surface area contributed by atoms with Gasteiger partial charge in [-0.2, -0.15) is 0 Å². The maximum atomic E-state index is 8.67. The van der Waals surface area contributed by atoms with Gasteiger partial charge in [0.25, 0.3) is 0 Å². The number of aliphatic hydroxyl groups excluding tert-OH is 1. The minimum Gasteiger partial charge on any atom is -0.411 e. The van der Waals surface area contributed by atoms with Crippen molar-refractivity contribution in [2.24, 2.45) is 10.3 Å². The zero-order valence-corrected chi connectivity index (χ0v) is 4.68. The van der Waals surface area contributed by atoms with Crippen LogP contribution in [-0.4, -0.2) is 34.1 Å². The van der Waals surface area contributed by atoms with Gasteiger partial charge in [-0.05, 0) is 0 Å². The molecule has 0 rings (SSSR count). The molecule has 0 fully saturated rings. The molecule has 0 bridgehead atoms. The number of rotatable bonds is 3. The largest absolute Gasteiger partial charge is 0.411 e. The minimum absolute atomic E-state index is 0.139. The van der Waals surface area contributed by atoms with E-state index < -0.39 is 6.10 Å². The highest BCUT2D eigenvalue weighted by molar-refractivity contribution is 5.69. The summed E-state index contributed by atoms with van der Waals surface area (Å²) in [6.07, 6.45) is 1.29. The maximum Gasteiger partial charge on any atom is 0.0974 e. The summed E-state index contributed by atoms with van der Waals surface area (Å²) < 4.78 is 0. The van der Waals surface area contributed by atoms with E-state index in [1.807, 2.05) is 0 Å². The Morgan fingerprint density at radius 2 is 2.00 bits per heavy atom. The second-order valence-electron chi connectivity index (χ2n) is 1.37. The lowest BCUT2D eigenvalue weighted by molar-refractivity contribution is 0.242. The normalized spacial score (nSPS) is 15.2.